The highest BCUT2D eigenvalue weighted by Crippen LogP contribution is 2.15. The molecule has 1 aliphatic rings. The highest BCUT2D eigenvalue weighted by atomic mass is 32.2. The number of rotatable bonds is 8. The van der Waals surface area contributed by atoms with Crippen molar-refractivity contribution in [1.82, 2.24) is 10.2 Å². The average Bonchev–Trinajstić information content (AvgIpc) is 3.00. The number of hydrogen-bond donors (Lipinski definition) is 2. The third kappa shape index (κ3) is 5.88. The first-order valence-electron chi connectivity index (χ1n) is 7.10. The van der Waals surface area contributed by atoms with Crippen molar-refractivity contribution in [3.05, 3.63) is 23.7 Å². The maximum atomic E-state index is 11.1. The van der Waals surface area contributed by atoms with E-state index in [0.717, 1.165) is 36.0 Å². The van der Waals surface area contributed by atoms with Crippen molar-refractivity contribution in [2.24, 2.45) is 14.5 Å². The summed E-state index contributed by atoms with van der Waals surface area (Å²) in [6, 6.07) is 4.00. The molecule has 0 saturated heterocycles. The van der Waals surface area contributed by atoms with E-state index in [2.05, 4.69) is 19.0 Å². The first-order chi connectivity index (χ1) is 10.9. The van der Waals surface area contributed by atoms with Gasteiger partial charge in [-0.25, -0.2) is 0 Å². The van der Waals surface area contributed by atoms with Crippen LogP contribution in [0.2, 0.25) is 0 Å². The average molecular weight is 359 g/mol. The lowest BCUT2D eigenvalue weighted by molar-refractivity contribution is 0.385. The van der Waals surface area contributed by atoms with E-state index in [1.54, 1.807) is 11.8 Å². The van der Waals surface area contributed by atoms with Crippen LogP contribution in [0.15, 0.2) is 25.3 Å². The molecule has 1 aliphatic heterocycles. The zero-order valence-electron chi connectivity index (χ0n) is 13.2. The lowest BCUT2D eigenvalue weighted by Gasteiger charge is -2.06. The van der Waals surface area contributed by atoms with Crippen molar-refractivity contribution in [3.63, 3.8) is 0 Å². The second-order valence-corrected chi connectivity index (χ2v) is 7.63. The van der Waals surface area contributed by atoms with E-state index in [1.165, 1.54) is 0 Å². The van der Waals surface area contributed by atoms with Crippen LogP contribution in [0.4, 0.5) is 0 Å². The van der Waals surface area contributed by atoms with Gasteiger partial charge in [-0.15, -0.1) is 8.80 Å². The number of hydrogen-bond acceptors (Lipinski definition) is 7. The van der Waals surface area contributed by atoms with Crippen LogP contribution in [0.5, 0.6) is 0 Å². The van der Waals surface area contributed by atoms with Crippen LogP contribution >= 0.6 is 11.8 Å². The van der Waals surface area contributed by atoms with Gasteiger partial charge in [-0.3, -0.25) is 0 Å². The summed E-state index contributed by atoms with van der Waals surface area (Å²) in [6.45, 7) is 1.50. The van der Waals surface area contributed by atoms with Crippen LogP contribution in [0.25, 0.3) is 0 Å². The Labute approximate surface area is 140 Å². The molecule has 23 heavy (non-hydrogen) atoms. The van der Waals surface area contributed by atoms with Gasteiger partial charge in [0.15, 0.2) is 11.7 Å². The summed E-state index contributed by atoms with van der Waals surface area (Å²) in [5, 5.41) is 2.87. The van der Waals surface area contributed by atoms with Gasteiger partial charge in [0.25, 0.3) is 0 Å². The number of nitrogens with two attached hydrogens (primary N) is 1. The minimum atomic E-state index is -3.78. The second kappa shape index (κ2) is 7.84. The van der Waals surface area contributed by atoms with Gasteiger partial charge in [0.05, 0.1) is 5.75 Å². The molecule has 10 heteroatoms. The molecule has 0 aliphatic carbocycles. The molecule has 128 valence electrons. The Morgan fingerprint density at radius 3 is 2.70 bits per heavy atom. The highest BCUT2D eigenvalue weighted by Gasteiger charge is 2.20. The predicted octanol–water partition coefficient (Wildman–Crippen LogP) is 0.221. The molecule has 0 saturated carbocycles. The fraction of sp³-hybridized carbons (Fsp3) is 0.538. The third-order valence-electron chi connectivity index (χ3n) is 2.97. The monoisotopic (exact) mass is 359 g/mol. The molecule has 0 bridgehead atoms. The Morgan fingerprint density at radius 1 is 1.30 bits per heavy atom. The van der Waals surface area contributed by atoms with E-state index < -0.39 is 10.2 Å². The summed E-state index contributed by atoms with van der Waals surface area (Å²) in [5.41, 5.74) is 5.47. The van der Waals surface area contributed by atoms with Gasteiger partial charge < -0.3 is 20.4 Å². The van der Waals surface area contributed by atoms with Crippen LogP contribution in [-0.2, 0) is 22.4 Å². The van der Waals surface area contributed by atoms with E-state index in [0.29, 0.717) is 6.54 Å². The highest BCUT2D eigenvalue weighted by molar-refractivity contribution is 7.98. The molecule has 0 unspecified atom stereocenters. The van der Waals surface area contributed by atoms with E-state index in [1.807, 2.05) is 26.2 Å². The molecular weight excluding hydrogens is 338 g/mol. The molecule has 0 spiro atoms. The van der Waals surface area contributed by atoms with E-state index in [-0.39, 0.29) is 11.7 Å². The Hall–Kier alpha value is -1.52. The third-order valence-corrected chi connectivity index (χ3v) is 4.79. The molecule has 1 aromatic heterocycles. The molecule has 2 rings (SSSR count). The molecule has 0 radical (unpaired) electrons. The summed E-state index contributed by atoms with van der Waals surface area (Å²) in [4.78, 5) is 2.11. The molecule has 2 heterocycles. The Kier molecular flexibility index (Phi) is 6.08. The van der Waals surface area contributed by atoms with Gasteiger partial charge in [-0.1, -0.05) is 0 Å². The maximum absolute atomic E-state index is 11.1. The molecule has 0 amide bonds. The Balaban J connectivity index is 1.66. The number of amidine groups is 2. The minimum Gasteiger partial charge on any atom is -0.465 e. The number of furan rings is 1. The number of thioether (sulfide) groups is 1. The standard InChI is InChI=1S/C13H21N5O3S2/c1-18(2)7-5-10-3-4-11(21-10)9-22-8-6-15-13-12(14)16-23(19,20)17-13/h3-4H,5-9H2,1-2H3,(H2,14,16)(H,15,17). The SMILES string of the molecule is CN(C)CCc1ccc(CSCCNC2=NS(=O)(=O)N=C2N)o1. The summed E-state index contributed by atoms with van der Waals surface area (Å²) in [5.74, 6) is 3.48. The molecule has 3 N–H and O–H groups in total. The predicted molar refractivity (Wildman–Crippen MR) is 93.1 cm³/mol. The minimum absolute atomic E-state index is 0.0911. The Bertz CT molecular complexity index is 694. The summed E-state index contributed by atoms with van der Waals surface area (Å²) < 4.78 is 34.6. The quantitative estimate of drug-likeness (QED) is 0.638. The maximum Gasteiger partial charge on any atom is 0.367 e. The van der Waals surface area contributed by atoms with Crippen molar-refractivity contribution < 1.29 is 12.8 Å². The smallest absolute Gasteiger partial charge is 0.367 e. The first-order valence-corrected chi connectivity index (χ1v) is 9.65. The van der Waals surface area contributed by atoms with Crippen molar-refractivity contribution in [2.45, 2.75) is 12.2 Å². The molecule has 0 fully saturated rings. The number of nitrogens with zero attached hydrogens (tertiary/aromatic N) is 3. The molecule has 1 aromatic rings. The lowest BCUT2D eigenvalue weighted by Crippen LogP contribution is -2.35. The van der Waals surface area contributed by atoms with Crippen molar-refractivity contribution in [3.8, 4) is 0 Å². The van der Waals surface area contributed by atoms with E-state index >= 15 is 0 Å². The summed E-state index contributed by atoms with van der Waals surface area (Å²) in [7, 11) is 0.287. The van der Waals surface area contributed by atoms with E-state index in [4.69, 9.17) is 10.2 Å². The summed E-state index contributed by atoms with van der Waals surface area (Å²) in [6.07, 6.45) is 0.895. The fourth-order valence-corrected chi connectivity index (χ4v) is 3.37. The second-order valence-electron chi connectivity index (χ2n) is 5.26. The van der Waals surface area contributed by atoms with Gasteiger partial charge in [0.2, 0.25) is 0 Å². The zero-order valence-corrected chi connectivity index (χ0v) is 14.8. The van der Waals surface area contributed by atoms with Gasteiger partial charge in [0, 0.05) is 25.3 Å². The number of likely N-dealkylation sites (N-methyl/N-ethyl adjacent to an activating group) is 1. The largest absolute Gasteiger partial charge is 0.465 e. The fourth-order valence-electron chi connectivity index (χ4n) is 1.86. The van der Waals surface area contributed by atoms with Crippen LogP contribution in [-0.4, -0.2) is 57.9 Å². The van der Waals surface area contributed by atoms with Gasteiger partial charge in [-0.2, -0.15) is 20.2 Å². The molecule has 8 nitrogen and oxygen atoms in total. The normalized spacial score (nSPS) is 16.5. The lowest BCUT2D eigenvalue weighted by atomic mass is 10.3. The van der Waals surface area contributed by atoms with Gasteiger partial charge >= 0.3 is 10.2 Å². The van der Waals surface area contributed by atoms with Crippen molar-refractivity contribution >= 4 is 33.6 Å². The van der Waals surface area contributed by atoms with E-state index in [9.17, 15) is 8.42 Å². The van der Waals surface area contributed by atoms with Crippen LogP contribution in [0, 0.1) is 0 Å². The van der Waals surface area contributed by atoms with Crippen LogP contribution < -0.4 is 11.1 Å². The first kappa shape index (κ1) is 17.8. The van der Waals surface area contributed by atoms with Crippen LogP contribution in [0.3, 0.4) is 0 Å². The van der Waals surface area contributed by atoms with Gasteiger partial charge in [0.1, 0.15) is 11.5 Å². The van der Waals surface area contributed by atoms with Crippen molar-refractivity contribution in [1.29, 1.82) is 0 Å². The van der Waals surface area contributed by atoms with Gasteiger partial charge in [-0.05, 0) is 26.2 Å². The van der Waals surface area contributed by atoms with Crippen LogP contribution in [0.1, 0.15) is 11.5 Å². The Morgan fingerprint density at radius 2 is 2.04 bits per heavy atom. The number of nitrogens with one attached hydrogen (secondary N) is 1. The molecular formula is C13H21N5O3S2. The summed E-state index contributed by atoms with van der Waals surface area (Å²) >= 11 is 1.68. The zero-order chi connectivity index (χ0) is 16.9. The molecule has 0 atom stereocenters. The topological polar surface area (TPSA) is 113 Å². The van der Waals surface area contributed by atoms with Crippen molar-refractivity contribution in [2.75, 3.05) is 32.9 Å². The molecule has 0 aromatic carbocycles.